The van der Waals surface area contributed by atoms with Crippen molar-refractivity contribution in [2.45, 2.75) is 17.9 Å². The standard InChI is InChI=1S/C16H14N4O4S.Na/c1-11-15(18-17-12-5-3-2-4-6-12)16(21)20(19-11)13-7-9-14(10-8-13)25(22,23)24;/h2-10,15H,1H3,(H,22,23,24);/q;+1/p-1. The van der Waals surface area contributed by atoms with Crippen molar-refractivity contribution >= 4 is 33.1 Å². The van der Waals surface area contributed by atoms with Gasteiger partial charge in [-0.15, -0.1) is 0 Å². The van der Waals surface area contributed by atoms with Gasteiger partial charge in [0.2, 0.25) is 0 Å². The molecule has 1 atom stereocenters. The predicted molar refractivity (Wildman–Crippen MR) is 89.7 cm³/mol. The van der Waals surface area contributed by atoms with Crippen molar-refractivity contribution in [1.29, 1.82) is 0 Å². The minimum Gasteiger partial charge on any atom is -0.744 e. The van der Waals surface area contributed by atoms with Gasteiger partial charge in [-0.25, -0.2) is 8.42 Å². The molecule has 2 aromatic rings. The molecule has 1 aliphatic rings. The minimum absolute atomic E-state index is 0. The average Bonchev–Trinajstić information content (AvgIpc) is 2.87. The third-order valence-electron chi connectivity index (χ3n) is 3.51. The molecular weight excluding hydrogens is 367 g/mol. The molecule has 0 fully saturated rings. The number of rotatable bonds is 4. The van der Waals surface area contributed by atoms with Crippen molar-refractivity contribution in [3.05, 3.63) is 54.6 Å². The van der Waals surface area contributed by atoms with Crippen molar-refractivity contribution in [2.24, 2.45) is 15.3 Å². The van der Waals surface area contributed by atoms with Crippen molar-refractivity contribution in [1.82, 2.24) is 0 Å². The number of anilines is 1. The number of hydrogen-bond acceptors (Lipinski definition) is 7. The molecule has 0 aromatic heterocycles. The fourth-order valence-corrected chi connectivity index (χ4v) is 2.72. The van der Waals surface area contributed by atoms with Gasteiger partial charge in [0.15, 0.2) is 6.04 Å². The number of amides is 1. The monoisotopic (exact) mass is 380 g/mol. The van der Waals surface area contributed by atoms with Gasteiger partial charge in [0, 0.05) is 0 Å². The third kappa shape index (κ3) is 4.43. The molecule has 0 N–H and O–H groups in total. The zero-order valence-electron chi connectivity index (χ0n) is 14.1. The second-order valence-electron chi connectivity index (χ2n) is 5.29. The van der Waals surface area contributed by atoms with Crippen molar-refractivity contribution in [3.8, 4) is 0 Å². The molecule has 0 radical (unpaired) electrons. The first-order valence-corrected chi connectivity index (χ1v) is 8.68. The molecule has 0 aliphatic carbocycles. The van der Waals surface area contributed by atoms with Crippen molar-refractivity contribution in [3.63, 3.8) is 0 Å². The zero-order chi connectivity index (χ0) is 18.0. The van der Waals surface area contributed by atoms with Crippen LogP contribution in [0.5, 0.6) is 0 Å². The summed E-state index contributed by atoms with van der Waals surface area (Å²) in [7, 11) is -4.54. The predicted octanol–water partition coefficient (Wildman–Crippen LogP) is -0.530. The molecule has 0 saturated heterocycles. The normalized spacial score (nSPS) is 17.3. The Bertz CT molecular complexity index is 960. The first kappa shape index (κ1) is 20.4. The molecule has 0 saturated carbocycles. The Morgan fingerprint density at radius 2 is 1.69 bits per heavy atom. The van der Waals surface area contributed by atoms with Gasteiger partial charge in [0.1, 0.15) is 10.1 Å². The van der Waals surface area contributed by atoms with E-state index in [1.54, 1.807) is 19.1 Å². The van der Waals surface area contributed by atoms with Crippen LogP contribution in [0.4, 0.5) is 11.4 Å². The fourth-order valence-electron chi connectivity index (χ4n) is 2.25. The van der Waals surface area contributed by atoms with Crippen LogP contribution in [0, 0.1) is 0 Å². The van der Waals surface area contributed by atoms with E-state index >= 15 is 0 Å². The minimum atomic E-state index is -4.54. The fraction of sp³-hybridized carbons (Fsp3) is 0.125. The molecule has 8 nitrogen and oxygen atoms in total. The number of carbonyl (C=O) groups is 1. The molecular formula is C16H13N4NaO4S. The molecule has 3 rings (SSSR count). The maximum Gasteiger partial charge on any atom is 1.00 e. The van der Waals surface area contributed by atoms with E-state index in [1.165, 1.54) is 12.1 Å². The summed E-state index contributed by atoms with van der Waals surface area (Å²) in [5, 5.41) is 13.3. The van der Waals surface area contributed by atoms with E-state index in [0.29, 0.717) is 17.1 Å². The first-order chi connectivity index (χ1) is 11.9. The summed E-state index contributed by atoms with van der Waals surface area (Å²) in [6.45, 7) is 1.66. The Hall–Kier alpha value is -1.91. The van der Waals surface area contributed by atoms with Crippen LogP contribution in [0.25, 0.3) is 0 Å². The number of nitrogens with zero attached hydrogens (tertiary/aromatic N) is 4. The molecule has 10 heteroatoms. The summed E-state index contributed by atoms with van der Waals surface area (Å²) >= 11 is 0. The van der Waals surface area contributed by atoms with Crippen LogP contribution < -0.4 is 34.6 Å². The molecule has 1 unspecified atom stereocenters. The van der Waals surface area contributed by atoms with Gasteiger partial charge in [-0.2, -0.15) is 20.3 Å². The number of hydrazone groups is 1. The first-order valence-electron chi connectivity index (χ1n) is 7.27. The molecule has 0 bridgehead atoms. The van der Waals surface area contributed by atoms with E-state index in [0.717, 1.165) is 17.1 Å². The number of hydrogen-bond donors (Lipinski definition) is 0. The number of azo groups is 1. The van der Waals surface area contributed by atoms with Crippen molar-refractivity contribution in [2.75, 3.05) is 5.01 Å². The second-order valence-corrected chi connectivity index (χ2v) is 6.67. The van der Waals surface area contributed by atoms with E-state index in [-0.39, 0.29) is 34.5 Å². The van der Waals surface area contributed by atoms with Crippen LogP contribution in [-0.4, -0.2) is 30.6 Å². The van der Waals surface area contributed by atoms with Gasteiger partial charge in [-0.1, -0.05) is 18.2 Å². The van der Waals surface area contributed by atoms with E-state index in [4.69, 9.17) is 0 Å². The maximum atomic E-state index is 12.5. The molecule has 1 aliphatic heterocycles. The van der Waals surface area contributed by atoms with Gasteiger partial charge in [-0.3, -0.25) is 4.79 Å². The van der Waals surface area contributed by atoms with E-state index < -0.39 is 22.1 Å². The van der Waals surface area contributed by atoms with Crippen LogP contribution in [0.15, 0.2) is 74.8 Å². The summed E-state index contributed by atoms with van der Waals surface area (Å²) in [5.41, 5.74) is 1.42. The van der Waals surface area contributed by atoms with Crippen LogP contribution in [0.3, 0.4) is 0 Å². The summed E-state index contributed by atoms with van der Waals surface area (Å²) in [6.07, 6.45) is 0. The SMILES string of the molecule is CC1=NN(c2ccc(S(=O)(=O)[O-])cc2)C(=O)C1N=Nc1ccccc1.[Na+]. The Balaban J connectivity index is 0.00000243. The van der Waals surface area contributed by atoms with Crippen LogP contribution >= 0.6 is 0 Å². The van der Waals surface area contributed by atoms with Gasteiger partial charge < -0.3 is 4.55 Å². The van der Waals surface area contributed by atoms with Gasteiger partial charge in [0.05, 0.1) is 22.0 Å². The molecule has 1 amide bonds. The summed E-state index contributed by atoms with van der Waals surface area (Å²) in [4.78, 5) is 12.1. The Morgan fingerprint density at radius 3 is 2.27 bits per heavy atom. The van der Waals surface area contributed by atoms with E-state index in [9.17, 15) is 17.8 Å². The van der Waals surface area contributed by atoms with Crippen LogP contribution in [0.1, 0.15) is 6.92 Å². The summed E-state index contributed by atoms with van der Waals surface area (Å²) < 4.78 is 32.9. The van der Waals surface area contributed by atoms with Gasteiger partial charge in [-0.05, 0) is 43.3 Å². The smallest absolute Gasteiger partial charge is 0.744 e. The van der Waals surface area contributed by atoms with E-state index in [2.05, 4.69) is 15.3 Å². The average molecular weight is 380 g/mol. The number of benzene rings is 2. The van der Waals surface area contributed by atoms with E-state index in [1.807, 2.05) is 18.2 Å². The largest absolute Gasteiger partial charge is 1.00 e. The molecule has 1 heterocycles. The number of carbonyl (C=O) groups excluding carboxylic acids is 1. The topological polar surface area (TPSA) is 115 Å². The molecule has 26 heavy (non-hydrogen) atoms. The van der Waals surface area contributed by atoms with Crippen LogP contribution in [-0.2, 0) is 14.9 Å². The maximum absolute atomic E-state index is 12.5. The molecule has 0 spiro atoms. The Kier molecular flexibility index (Phi) is 6.43. The molecule has 128 valence electrons. The summed E-state index contributed by atoms with van der Waals surface area (Å²) in [5.74, 6) is -0.407. The van der Waals surface area contributed by atoms with Gasteiger partial charge >= 0.3 is 29.6 Å². The van der Waals surface area contributed by atoms with Crippen LogP contribution in [0.2, 0.25) is 0 Å². The zero-order valence-corrected chi connectivity index (χ0v) is 16.9. The second kappa shape index (κ2) is 8.19. The summed E-state index contributed by atoms with van der Waals surface area (Å²) in [6, 6.07) is 13.1. The third-order valence-corrected chi connectivity index (χ3v) is 4.36. The quantitative estimate of drug-likeness (QED) is 0.403. The molecule has 2 aromatic carbocycles. The Morgan fingerprint density at radius 1 is 1.08 bits per heavy atom. The van der Waals surface area contributed by atoms with Crippen molar-refractivity contribution < 1.29 is 47.3 Å². The van der Waals surface area contributed by atoms with Gasteiger partial charge in [0.25, 0.3) is 5.91 Å². The Labute approximate surface area is 172 Å².